The SMILES string of the molecule is O=C(NC1CCCC1CBr)c1ccc([N+](=O)[O-])s1. The first kappa shape index (κ1) is 13.5. The lowest BCUT2D eigenvalue weighted by atomic mass is 10.1. The van der Waals surface area contributed by atoms with Gasteiger partial charge in [-0.15, -0.1) is 0 Å². The summed E-state index contributed by atoms with van der Waals surface area (Å²) in [5.41, 5.74) is 0. The van der Waals surface area contributed by atoms with Crippen molar-refractivity contribution in [1.29, 1.82) is 0 Å². The highest BCUT2D eigenvalue weighted by molar-refractivity contribution is 9.09. The van der Waals surface area contributed by atoms with E-state index >= 15 is 0 Å². The molecule has 7 heteroatoms. The van der Waals surface area contributed by atoms with Crippen LogP contribution in [0.3, 0.4) is 0 Å². The molecule has 0 aromatic carbocycles. The third-order valence-corrected chi connectivity index (χ3v) is 5.04. The number of nitrogens with zero attached hydrogens (tertiary/aromatic N) is 1. The molecule has 5 nitrogen and oxygen atoms in total. The molecular formula is C11H13BrN2O3S. The summed E-state index contributed by atoms with van der Waals surface area (Å²) in [6.45, 7) is 0. The van der Waals surface area contributed by atoms with Gasteiger partial charge in [-0.1, -0.05) is 33.7 Å². The van der Waals surface area contributed by atoms with Crippen molar-refractivity contribution in [2.24, 2.45) is 5.92 Å². The molecular weight excluding hydrogens is 320 g/mol. The molecule has 0 bridgehead atoms. The third kappa shape index (κ3) is 2.89. The van der Waals surface area contributed by atoms with Crippen molar-refractivity contribution in [1.82, 2.24) is 5.32 Å². The Morgan fingerprint density at radius 3 is 2.94 bits per heavy atom. The molecule has 1 aliphatic carbocycles. The fourth-order valence-electron chi connectivity index (χ4n) is 2.20. The zero-order chi connectivity index (χ0) is 13.1. The summed E-state index contributed by atoms with van der Waals surface area (Å²) >= 11 is 4.37. The molecule has 1 heterocycles. The molecule has 0 saturated heterocycles. The fraction of sp³-hybridized carbons (Fsp3) is 0.545. The van der Waals surface area contributed by atoms with E-state index in [1.807, 2.05) is 0 Å². The molecule has 98 valence electrons. The Kier molecular flexibility index (Phi) is 4.34. The normalized spacial score (nSPS) is 22.9. The average Bonchev–Trinajstić information content (AvgIpc) is 2.96. The lowest BCUT2D eigenvalue weighted by Crippen LogP contribution is -2.37. The number of rotatable bonds is 4. The number of carbonyl (C=O) groups is 1. The molecule has 0 spiro atoms. The second kappa shape index (κ2) is 5.79. The van der Waals surface area contributed by atoms with Gasteiger partial charge in [0.2, 0.25) is 0 Å². The summed E-state index contributed by atoms with van der Waals surface area (Å²) in [6, 6.07) is 3.06. The second-order valence-electron chi connectivity index (χ2n) is 4.32. The number of alkyl halides is 1. The number of amides is 1. The van der Waals surface area contributed by atoms with Crippen molar-refractivity contribution in [3.63, 3.8) is 0 Å². The first-order chi connectivity index (χ1) is 8.61. The molecule has 2 atom stereocenters. The van der Waals surface area contributed by atoms with Gasteiger partial charge >= 0.3 is 5.00 Å². The van der Waals surface area contributed by atoms with Gasteiger partial charge in [-0.3, -0.25) is 14.9 Å². The molecule has 1 aromatic rings. The minimum Gasteiger partial charge on any atom is -0.348 e. The monoisotopic (exact) mass is 332 g/mol. The van der Waals surface area contributed by atoms with E-state index in [0.717, 1.165) is 35.9 Å². The van der Waals surface area contributed by atoms with Gasteiger partial charge in [0, 0.05) is 17.4 Å². The number of carbonyl (C=O) groups excluding carboxylic acids is 1. The predicted molar refractivity (Wildman–Crippen MR) is 73.4 cm³/mol. The van der Waals surface area contributed by atoms with Crippen molar-refractivity contribution in [2.45, 2.75) is 25.3 Å². The van der Waals surface area contributed by atoms with Crippen molar-refractivity contribution in [3.05, 3.63) is 27.1 Å². The lowest BCUT2D eigenvalue weighted by Gasteiger charge is -2.18. The first-order valence-corrected chi connectivity index (χ1v) is 7.66. The molecule has 1 fully saturated rings. The van der Waals surface area contributed by atoms with E-state index in [1.54, 1.807) is 0 Å². The number of halogens is 1. The van der Waals surface area contributed by atoms with Crippen molar-refractivity contribution in [2.75, 3.05) is 5.33 Å². The van der Waals surface area contributed by atoms with Crippen LogP contribution in [0.25, 0.3) is 0 Å². The molecule has 2 unspecified atom stereocenters. The Bertz CT molecular complexity index is 463. The summed E-state index contributed by atoms with van der Waals surface area (Å²) in [5, 5.41) is 14.4. The van der Waals surface area contributed by atoms with Gasteiger partial charge in [0.15, 0.2) is 0 Å². The topological polar surface area (TPSA) is 72.2 Å². The van der Waals surface area contributed by atoms with Crippen LogP contribution in [-0.4, -0.2) is 22.2 Å². The van der Waals surface area contributed by atoms with Gasteiger partial charge < -0.3 is 5.32 Å². The van der Waals surface area contributed by atoms with Crippen LogP contribution >= 0.6 is 27.3 Å². The van der Waals surface area contributed by atoms with E-state index < -0.39 is 4.92 Å². The second-order valence-corrected chi connectivity index (χ2v) is 6.03. The van der Waals surface area contributed by atoms with Gasteiger partial charge in [-0.2, -0.15) is 0 Å². The third-order valence-electron chi connectivity index (χ3n) is 3.17. The van der Waals surface area contributed by atoms with Gasteiger partial charge in [0.25, 0.3) is 5.91 Å². The predicted octanol–water partition coefficient (Wildman–Crippen LogP) is 2.95. The Hall–Kier alpha value is -0.950. The number of nitrogens with one attached hydrogen (secondary N) is 1. The fourth-order valence-corrected chi connectivity index (χ4v) is 3.70. The summed E-state index contributed by atoms with van der Waals surface area (Å²) in [7, 11) is 0. The van der Waals surface area contributed by atoms with Crippen molar-refractivity contribution in [3.8, 4) is 0 Å². The van der Waals surface area contributed by atoms with Crippen LogP contribution in [0.1, 0.15) is 28.9 Å². The first-order valence-electron chi connectivity index (χ1n) is 5.73. The molecule has 1 aliphatic rings. The zero-order valence-corrected chi connectivity index (χ0v) is 12.0. The molecule has 1 aromatic heterocycles. The Morgan fingerprint density at radius 2 is 2.33 bits per heavy atom. The zero-order valence-electron chi connectivity index (χ0n) is 9.60. The van der Waals surface area contributed by atoms with Crippen molar-refractivity contribution < 1.29 is 9.72 Å². The Balaban J connectivity index is 2.00. The van der Waals surface area contributed by atoms with Crippen LogP contribution in [-0.2, 0) is 0 Å². The van der Waals surface area contributed by atoms with Gasteiger partial charge in [-0.25, -0.2) is 0 Å². The maximum absolute atomic E-state index is 12.0. The summed E-state index contributed by atoms with van der Waals surface area (Å²) in [4.78, 5) is 22.4. The number of nitro groups is 1. The number of thiophene rings is 1. The summed E-state index contributed by atoms with van der Waals surface area (Å²) in [5.74, 6) is 0.259. The van der Waals surface area contributed by atoms with Gasteiger partial charge in [0.05, 0.1) is 9.80 Å². The average molecular weight is 333 g/mol. The van der Waals surface area contributed by atoms with Gasteiger partial charge in [-0.05, 0) is 24.8 Å². The van der Waals surface area contributed by atoms with E-state index in [-0.39, 0.29) is 17.0 Å². The highest BCUT2D eigenvalue weighted by Crippen LogP contribution is 2.28. The quantitative estimate of drug-likeness (QED) is 0.523. The van der Waals surface area contributed by atoms with E-state index in [9.17, 15) is 14.9 Å². The molecule has 2 rings (SSSR count). The lowest BCUT2D eigenvalue weighted by molar-refractivity contribution is -0.380. The molecule has 1 amide bonds. The van der Waals surface area contributed by atoms with E-state index in [2.05, 4.69) is 21.2 Å². The van der Waals surface area contributed by atoms with Crippen LogP contribution in [0.5, 0.6) is 0 Å². The highest BCUT2D eigenvalue weighted by Gasteiger charge is 2.28. The largest absolute Gasteiger partial charge is 0.348 e. The van der Waals surface area contributed by atoms with Gasteiger partial charge in [0.1, 0.15) is 0 Å². The van der Waals surface area contributed by atoms with Crippen LogP contribution < -0.4 is 5.32 Å². The van der Waals surface area contributed by atoms with E-state index in [1.165, 1.54) is 12.1 Å². The minimum absolute atomic E-state index is 0.00335. The van der Waals surface area contributed by atoms with Crippen molar-refractivity contribution >= 4 is 38.2 Å². The Morgan fingerprint density at radius 1 is 1.56 bits per heavy atom. The van der Waals surface area contributed by atoms with E-state index in [0.29, 0.717) is 10.8 Å². The highest BCUT2D eigenvalue weighted by atomic mass is 79.9. The standard InChI is InChI=1S/C11H13BrN2O3S/c12-6-7-2-1-3-8(7)13-11(15)9-4-5-10(18-9)14(16)17/h4-5,7-8H,1-3,6H2,(H,13,15). The van der Waals surface area contributed by atoms with E-state index in [4.69, 9.17) is 0 Å². The maximum atomic E-state index is 12.0. The number of hydrogen-bond acceptors (Lipinski definition) is 4. The minimum atomic E-state index is -0.474. The molecule has 0 radical (unpaired) electrons. The smallest absolute Gasteiger partial charge is 0.324 e. The molecule has 1 N–H and O–H groups in total. The maximum Gasteiger partial charge on any atom is 0.324 e. The molecule has 0 aliphatic heterocycles. The Labute approximate surface area is 117 Å². The van der Waals surface area contributed by atoms with Crippen LogP contribution in [0.2, 0.25) is 0 Å². The molecule has 18 heavy (non-hydrogen) atoms. The number of hydrogen-bond donors (Lipinski definition) is 1. The van der Waals surface area contributed by atoms with Crippen LogP contribution in [0.4, 0.5) is 5.00 Å². The van der Waals surface area contributed by atoms with Crippen LogP contribution in [0.15, 0.2) is 12.1 Å². The summed E-state index contributed by atoms with van der Waals surface area (Å²) < 4.78 is 0. The van der Waals surface area contributed by atoms with Crippen LogP contribution in [0, 0.1) is 16.0 Å². The summed E-state index contributed by atoms with van der Waals surface area (Å²) in [6.07, 6.45) is 3.21. The molecule has 1 saturated carbocycles.